The highest BCUT2D eigenvalue weighted by molar-refractivity contribution is 4.94. The molecule has 0 aromatic carbocycles. The average molecular weight is 128 g/mol. The molecule has 4 nitrogen and oxygen atoms in total. The SMILES string of the molecule is COc1nccn1OC. The summed E-state index contributed by atoms with van der Waals surface area (Å²) in [5.74, 6) is 0. The summed E-state index contributed by atoms with van der Waals surface area (Å²) in [6, 6.07) is 0.456. The number of imidazole rings is 1. The van der Waals surface area contributed by atoms with Crippen LogP contribution < -0.4 is 9.57 Å². The lowest BCUT2D eigenvalue weighted by Crippen LogP contribution is -2.05. The highest BCUT2D eigenvalue weighted by atomic mass is 16.7. The van der Waals surface area contributed by atoms with Crippen LogP contribution in [0.15, 0.2) is 12.4 Å². The summed E-state index contributed by atoms with van der Waals surface area (Å²) < 4.78 is 6.23. The first kappa shape index (κ1) is 5.94. The summed E-state index contributed by atoms with van der Waals surface area (Å²) >= 11 is 0. The van der Waals surface area contributed by atoms with Gasteiger partial charge in [-0.1, -0.05) is 0 Å². The molecule has 50 valence electrons. The second-order valence-corrected chi connectivity index (χ2v) is 1.42. The van der Waals surface area contributed by atoms with Gasteiger partial charge >= 0.3 is 6.01 Å². The molecule has 0 fully saturated rings. The van der Waals surface area contributed by atoms with Crippen LogP contribution >= 0.6 is 0 Å². The van der Waals surface area contributed by atoms with E-state index in [1.54, 1.807) is 19.5 Å². The highest BCUT2D eigenvalue weighted by Crippen LogP contribution is 2.01. The van der Waals surface area contributed by atoms with Gasteiger partial charge in [0.1, 0.15) is 7.11 Å². The van der Waals surface area contributed by atoms with Gasteiger partial charge < -0.3 is 9.57 Å². The van der Waals surface area contributed by atoms with Gasteiger partial charge in [-0.05, 0) is 0 Å². The summed E-state index contributed by atoms with van der Waals surface area (Å²) in [7, 11) is 3.09. The summed E-state index contributed by atoms with van der Waals surface area (Å²) in [5.41, 5.74) is 0. The first-order valence-corrected chi connectivity index (χ1v) is 2.50. The Balaban J connectivity index is 2.85. The molecule has 0 amide bonds. The summed E-state index contributed by atoms with van der Waals surface area (Å²) in [5, 5.41) is 0. The van der Waals surface area contributed by atoms with Gasteiger partial charge in [-0.2, -0.15) is 0 Å². The summed E-state index contributed by atoms with van der Waals surface area (Å²) in [4.78, 5) is 8.63. The molecule has 0 aliphatic heterocycles. The zero-order valence-corrected chi connectivity index (χ0v) is 5.37. The number of ether oxygens (including phenoxy) is 1. The van der Waals surface area contributed by atoms with Gasteiger partial charge in [0, 0.05) is 0 Å². The molecule has 0 aliphatic carbocycles. The number of methoxy groups -OCH3 is 1. The quantitative estimate of drug-likeness (QED) is 0.560. The van der Waals surface area contributed by atoms with Crippen molar-refractivity contribution in [1.29, 1.82) is 0 Å². The number of hydrogen-bond acceptors (Lipinski definition) is 3. The van der Waals surface area contributed by atoms with Crippen molar-refractivity contribution in [3.8, 4) is 6.01 Å². The maximum absolute atomic E-state index is 4.81. The van der Waals surface area contributed by atoms with Gasteiger partial charge in [-0.15, -0.1) is 4.73 Å². The minimum absolute atomic E-state index is 0.456. The fourth-order valence-electron chi connectivity index (χ4n) is 0.560. The topological polar surface area (TPSA) is 36.3 Å². The van der Waals surface area contributed by atoms with E-state index in [1.165, 1.54) is 11.8 Å². The molecule has 0 spiro atoms. The largest absolute Gasteiger partial charge is 0.466 e. The van der Waals surface area contributed by atoms with E-state index in [0.29, 0.717) is 6.01 Å². The van der Waals surface area contributed by atoms with Crippen LogP contribution in [0.4, 0.5) is 0 Å². The number of nitrogens with zero attached hydrogens (tertiary/aromatic N) is 2. The van der Waals surface area contributed by atoms with E-state index in [0.717, 1.165) is 0 Å². The van der Waals surface area contributed by atoms with E-state index in [9.17, 15) is 0 Å². The molecule has 1 aromatic heterocycles. The van der Waals surface area contributed by atoms with E-state index in [1.807, 2.05) is 0 Å². The second kappa shape index (κ2) is 2.39. The molecule has 0 N–H and O–H groups in total. The van der Waals surface area contributed by atoms with Crippen LogP contribution in [0.25, 0.3) is 0 Å². The number of rotatable bonds is 2. The van der Waals surface area contributed by atoms with Crippen LogP contribution in [0.5, 0.6) is 6.01 Å². The molecule has 0 radical (unpaired) electrons. The maximum atomic E-state index is 4.81. The normalized spacial score (nSPS) is 9.11. The predicted molar refractivity (Wildman–Crippen MR) is 31.3 cm³/mol. The lowest BCUT2D eigenvalue weighted by Gasteiger charge is -2.00. The molecule has 9 heavy (non-hydrogen) atoms. The average Bonchev–Trinajstić information content (AvgIpc) is 2.33. The van der Waals surface area contributed by atoms with Gasteiger partial charge in [0.25, 0.3) is 0 Å². The molecular weight excluding hydrogens is 120 g/mol. The third-order valence-corrected chi connectivity index (χ3v) is 0.955. The molecule has 0 unspecified atom stereocenters. The molecule has 1 heterocycles. The Morgan fingerprint density at radius 1 is 1.56 bits per heavy atom. The summed E-state index contributed by atoms with van der Waals surface area (Å²) in [6.45, 7) is 0. The molecule has 0 bridgehead atoms. The van der Waals surface area contributed by atoms with E-state index in [-0.39, 0.29) is 0 Å². The van der Waals surface area contributed by atoms with Crippen molar-refractivity contribution in [2.24, 2.45) is 0 Å². The molecule has 0 aliphatic rings. The van der Waals surface area contributed by atoms with Crippen molar-refractivity contribution in [3.05, 3.63) is 12.4 Å². The van der Waals surface area contributed by atoms with Gasteiger partial charge in [0.15, 0.2) is 0 Å². The molecule has 0 saturated heterocycles. The van der Waals surface area contributed by atoms with Crippen LogP contribution in [-0.2, 0) is 0 Å². The first-order chi connectivity index (χ1) is 4.38. The lowest BCUT2D eigenvalue weighted by molar-refractivity contribution is 0.136. The first-order valence-electron chi connectivity index (χ1n) is 2.50. The minimum atomic E-state index is 0.456. The molecule has 4 heteroatoms. The Bertz CT molecular complexity index is 166. The van der Waals surface area contributed by atoms with Crippen molar-refractivity contribution in [3.63, 3.8) is 0 Å². The van der Waals surface area contributed by atoms with E-state index >= 15 is 0 Å². The van der Waals surface area contributed by atoms with Gasteiger partial charge in [-0.25, -0.2) is 4.98 Å². The highest BCUT2D eigenvalue weighted by Gasteiger charge is 1.97. The fourth-order valence-corrected chi connectivity index (χ4v) is 0.560. The van der Waals surface area contributed by atoms with E-state index in [2.05, 4.69) is 4.98 Å². The monoisotopic (exact) mass is 128 g/mol. The molecule has 1 aromatic rings. The van der Waals surface area contributed by atoms with E-state index in [4.69, 9.17) is 9.57 Å². The van der Waals surface area contributed by atoms with Crippen molar-refractivity contribution >= 4 is 0 Å². The van der Waals surface area contributed by atoms with Crippen molar-refractivity contribution in [2.45, 2.75) is 0 Å². The second-order valence-electron chi connectivity index (χ2n) is 1.42. The van der Waals surface area contributed by atoms with Crippen LogP contribution in [0.3, 0.4) is 0 Å². The smallest absolute Gasteiger partial charge is 0.329 e. The zero-order chi connectivity index (χ0) is 6.69. The van der Waals surface area contributed by atoms with Crippen LogP contribution in [0, 0.1) is 0 Å². The molecule has 0 atom stereocenters. The van der Waals surface area contributed by atoms with Gasteiger partial charge in [-0.3, -0.25) is 0 Å². The van der Waals surface area contributed by atoms with Crippen molar-refractivity contribution < 1.29 is 9.57 Å². The Morgan fingerprint density at radius 2 is 2.33 bits per heavy atom. The van der Waals surface area contributed by atoms with Crippen LogP contribution in [-0.4, -0.2) is 23.9 Å². The zero-order valence-electron chi connectivity index (χ0n) is 5.37. The molecule has 0 saturated carbocycles. The maximum Gasteiger partial charge on any atom is 0.329 e. The predicted octanol–water partition coefficient (Wildman–Crippen LogP) is -0.0499. The summed E-state index contributed by atoms with van der Waals surface area (Å²) in [6.07, 6.45) is 3.27. The third-order valence-electron chi connectivity index (χ3n) is 0.955. The Morgan fingerprint density at radius 3 is 2.78 bits per heavy atom. The van der Waals surface area contributed by atoms with Crippen molar-refractivity contribution in [1.82, 2.24) is 9.71 Å². The van der Waals surface area contributed by atoms with Crippen LogP contribution in [0.2, 0.25) is 0 Å². The van der Waals surface area contributed by atoms with Crippen LogP contribution in [0.1, 0.15) is 0 Å². The Kier molecular flexibility index (Phi) is 1.58. The third kappa shape index (κ3) is 0.960. The van der Waals surface area contributed by atoms with E-state index < -0.39 is 0 Å². The Hall–Kier alpha value is -1.19. The van der Waals surface area contributed by atoms with Crippen molar-refractivity contribution in [2.75, 3.05) is 14.2 Å². The molecule has 1 rings (SSSR count). The molecular formula is C5H8N2O2. The minimum Gasteiger partial charge on any atom is -0.466 e. The number of aromatic nitrogens is 2. The fraction of sp³-hybridized carbons (Fsp3) is 0.400. The Labute approximate surface area is 53.0 Å². The van der Waals surface area contributed by atoms with Gasteiger partial charge in [0.05, 0.1) is 19.5 Å². The van der Waals surface area contributed by atoms with Gasteiger partial charge in [0.2, 0.25) is 0 Å². The number of hydrogen-bond donors (Lipinski definition) is 0. The lowest BCUT2D eigenvalue weighted by atomic mass is 11.0. The standard InChI is InChI=1S/C5H8N2O2/c1-8-5-6-3-4-7(5)9-2/h3-4H,1-2H3.